The molecule has 3 rings (SSSR count). The predicted octanol–water partition coefficient (Wildman–Crippen LogP) is 4.79. The molecule has 6 heteroatoms. The molecule has 0 heterocycles. The maximum atomic E-state index is 11.0. The number of hydrogen-bond donors (Lipinski definition) is 1. The van der Waals surface area contributed by atoms with Gasteiger partial charge in [-0.1, -0.05) is 24.3 Å². The Morgan fingerprint density at radius 1 is 0.968 bits per heavy atom. The van der Waals surface area contributed by atoms with Crippen molar-refractivity contribution in [3.05, 3.63) is 78.1 Å². The van der Waals surface area contributed by atoms with Crippen LogP contribution >= 0.6 is 0 Å². The average Bonchev–Trinajstić information content (AvgIpc) is 2.80. The van der Waals surface area contributed by atoms with Crippen LogP contribution < -0.4 is 14.2 Å². The number of aliphatic carboxylic acids is 1. The van der Waals surface area contributed by atoms with Crippen LogP contribution in [-0.4, -0.2) is 37.5 Å². The Kier molecular flexibility index (Phi) is 8.55. The minimum Gasteiger partial charge on any atom is -0.493 e. The zero-order chi connectivity index (χ0) is 21.9. The molecule has 0 aliphatic heterocycles. The molecule has 0 bridgehead atoms. The Hall–Kier alpha value is -3.25. The molecule has 1 atom stereocenters. The standard InChI is InChI=1S/C25H28O6/c1-28-24(25(26)27)18-19-8-10-20(11-9-19)29-16-5-17-30-21-12-14-23(15-13-21)31-22-6-3-2-4-7-22/h2-3,6,8-15,24H,4-5,7,16-18H2,1H3,(H,26,27). The van der Waals surface area contributed by atoms with E-state index in [1.807, 2.05) is 60.7 Å². The van der Waals surface area contributed by atoms with Gasteiger partial charge in [0.2, 0.25) is 0 Å². The maximum absolute atomic E-state index is 11.0. The van der Waals surface area contributed by atoms with Crippen molar-refractivity contribution in [3.63, 3.8) is 0 Å². The van der Waals surface area contributed by atoms with Gasteiger partial charge in [-0.05, 0) is 54.5 Å². The highest BCUT2D eigenvalue weighted by Crippen LogP contribution is 2.22. The lowest BCUT2D eigenvalue weighted by Gasteiger charge is -2.12. The normalized spacial score (nSPS) is 13.9. The van der Waals surface area contributed by atoms with Crippen LogP contribution in [0.4, 0.5) is 0 Å². The van der Waals surface area contributed by atoms with Crippen LogP contribution in [0.15, 0.2) is 72.5 Å². The van der Waals surface area contributed by atoms with Gasteiger partial charge in [0.05, 0.1) is 13.2 Å². The molecule has 1 aliphatic carbocycles. The first-order valence-electron chi connectivity index (χ1n) is 10.4. The van der Waals surface area contributed by atoms with Gasteiger partial charge in [-0.25, -0.2) is 4.79 Å². The first-order valence-corrected chi connectivity index (χ1v) is 10.4. The summed E-state index contributed by atoms with van der Waals surface area (Å²) in [7, 11) is 1.40. The summed E-state index contributed by atoms with van der Waals surface area (Å²) >= 11 is 0. The summed E-state index contributed by atoms with van der Waals surface area (Å²) in [5, 5.41) is 9.05. The van der Waals surface area contributed by atoms with Crippen molar-refractivity contribution in [3.8, 4) is 17.2 Å². The molecule has 0 saturated heterocycles. The Morgan fingerprint density at radius 2 is 1.58 bits per heavy atom. The number of carbonyl (C=O) groups is 1. The Bertz CT molecular complexity index is 883. The van der Waals surface area contributed by atoms with E-state index in [4.69, 9.17) is 24.1 Å². The number of ether oxygens (including phenoxy) is 4. The van der Waals surface area contributed by atoms with Gasteiger partial charge in [-0.15, -0.1) is 0 Å². The Labute approximate surface area is 182 Å². The fourth-order valence-corrected chi connectivity index (χ4v) is 3.07. The Morgan fingerprint density at radius 3 is 2.13 bits per heavy atom. The van der Waals surface area contributed by atoms with E-state index in [0.717, 1.165) is 47.8 Å². The molecular weight excluding hydrogens is 396 g/mol. The average molecular weight is 424 g/mol. The van der Waals surface area contributed by atoms with Crippen molar-refractivity contribution >= 4 is 5.97 Å². The van der Waals surface area contributed by atoms with E-state index in [-0.39, 0.29) is 0 Å². The number of methoxy groups -OCH3 is 1. The van der Waals surface area contributed by atoms with E-state index in [2.05, 4.69) is 6.08 Å². The molecule has 0 saturated carbocycles. The van der Waals surface area contributed by atoms with Gasteiger partial charge in [0.25, 0.3) is 0 Å². The van der Waals surface area contributed by atoms with E-state index in [1.54, 1.807) is 0 Å². The van der Waals surface area contributed by atoms with Gasteiger partial charge < -0.3 is 24.1 Å². The Balaban J connectivity index is 1.34. The lowest BCUT2D eigenvalue weighted by molar-refractivity contribution is -0.148. The monoisotopic (exact) mass is 424 g/mol. The second kappa shape index (κ2) is 11.8. The molecule has 1 aliphatic rings. The predicted molar refractivity (Wildman–Crippen MR) is 118 cm³/mol. The van der Waals surface area contributed by atoms with Gasteiger partial charge >= 0.3 is 5.97 Å². The lowest BCUT2D eigenvalue weighted by atomic mass is 10.1. The van der Waals surface area contributed by atoms with E-state index in [1.165, 1.54) is 7.11 Å². The first-order chi connectivity index (χ1) is 15.1. The molecule has 31 heavy (non-hydrogen) atoms. The second-order valence-electron chi connectivity index (χ2n) is 7.13. The number of benzene rings is 2. The third kappa shape index (κ3) is 7.50. The van der Waals surface area contributed by atoms with Crippen LogP contribution in [0, 0.1) is 0 Å². The van der Waals surface area contributed by atoms with E-state index < -0.39 is 12.1 Å². The minimum absolute atomic E-state index is 0.318. The molecule has 6 nitrogen and oxygen atoms in total. The number of hydrogen-bond acceptors (Lipinski definition) is 5. The number of allylic oxidation sites excluding steroid dienone is 4. The molecule has 1 N–H and O–H groups in total. The molecule has 1 unspecified atom stereocenters. The summed E-state index contributed by atoms with van der Waals surface area (Å²) in [6.45, 7) is 1.07. The molecule has 2 aromatic carbocycles. The van der Waals surface area contributed by atoms with Crippen LogP contribution in [0.3, 0.4) is 0 Å². The van der Waals surface area contributed by atoms with Gasteiger partial charge in [-0.2, -0.15) is 0 Å². The quantitative estimate of drug-likeness (QED) is 0.494. The van der Waals surface area contributed by atoms with Crippen molar-refractivity contribution < 1.29 is 28.8 Å². The highest BCUT2D eigenvalue weighted by Gasteiger charge is 2.16. The van der Waals surface area contributed by atoms with Crippen LogP contribution in [0.2, 0.25) is 0 Å². The largest absolute Gasteiger partial charge is 0.493 e. The van der Waals surface area contributed by atoms with Crippen molar-refractivity contribution in [2.24, 2.45) is 0 Å². The number of carboxylic acid groups (broad SMARTS) is 1. The van der Waals surface area contributed by atoms with Crippen LogP contribution in [-0.2, 0) is 16.0 Å². The highest BCUT2D eigenvalue weighted by molar-refractivity contribution is 5.72. The van der Waals surface area contributed by atoms with Crippen LogP contribution in [0.25, 0.3) is 0 Å². The smallest absolute Gasteiger partial charge is 0.333 e. The summed E-state index contributed by atoms with van der Waals surface area (Å²) < 4.78 is 22.3. The van der Waals surface area contributed by atoms with Crippen molar-refractivity contribution in [2.45, 2.75) is 31.8 Å². The summed E-state index contributed by atoms with van der Waals surface area (Å²) in [5.41, 5.74) is 0.883. The fraction of sp³-hybridized carbons (Fsp3) is 0.320. The van der Waals surface area contributed by atoms with Gasteiger partial charge in [0, 0.05) is 26.4 Å². The highest BCUT2D eigenvalue weighted by atomic mass is 16.5. The lowest BCUT2D eigenvalue weighted by Crippen LogP contribution is -2.24. The van der Waals surface area contributed by atoms with Crippen molar-refractivity contribution in [1.82, 2.24) is 0 Å². The van der Waals surface area contributed by atoms with Gasteiger partial charge in [0.1, 0.15) is 23.0 Å². The first kappa shape index (κ1) is 22.4. The van der Waals surface area contributed by atoms with E-state index >= 15 is 0 Å². The number of carboxylic acids is 1. The molecule has 164 valence electrons. The van der Waals surface area contributed by atoms with E-state index in [9.17, 15) is 4.79 Å². The van der Waals surface area contributed by atoms with E-state index in [0.29, 0.717) is 19.6 Å². The maximum Gasteiger partial charge on any atom is 0.333 e. The molecule has 2 aromatic rings. The van der Waals surface area contributed by atoms with Gasteiger partial charge in [-0.3, -0.25) is 0 Å². The minimum atomic E-state index is -0.968. The fourth-order valence-electron chi connectivity index (χ4n) is 3.07. The molecule has 0 amide bonds. The second-order valence-corrected chi connectivity index (χ2v) is 7.13. The van der Waals surface area contributed by atoms with Gasteiger partial charge in [0.15, 0.2) is 6.10 Å². The molecule has 0 spiro atoms. The topological polar surface area (TPSA) is 74.2 Å². The summed E-state index contributed by atoms with van der Waals surface area (Å²) in [6.07, 6.45) is 8.29. The SMILES string of the molecule is COC(Cc1ccc(OCCCOc2ccc(OC3=CC=CCC3)cc2)cc1)C(=O)O. The van der Waals surface area contributed by atoms with Crippen molar-refractivity contribution in [2.75, 3.05) is 20.3 Å². The molecule has 0 fully saturated rings. The summed E-state index contributed by atoms with van der Waals surface area (Å²) in [4.78, 5) is 11.0. The zero-order valence-electron chi connectivity index (χ0n) is 17.7. The molecule has 0 radical (unpaired) electrons. The number of rotatable bonds is 12. The van der Waals surface area contributed by atoms with Crippen LogP contribution in [0.5, 0.6) is 17.2 Å². The van der Waals surface area contributed by atoms with Crippen molar-refractivity contribution in [1.29, 1.82) is 0 Å². The van der Waals surface area contributed by atoms with Crippen LogP contribution in [0.1, 0.15) is 24.8 Å². The summed E-state index contributed by atoms with van der Waals surface area (Å²) in [5.74, 6) is 2.34. The zero-order valence-corrected chi connectivity index (χ0v) is 17.7. The molecular formula is C25H28O6. The third-order valence-corrected chi connectivity index (χ3v) is 4.78. The summed E-state index contributed by atoms with van der Waals surface area (Å²) in [6, 6.07) is 15.0. The third-order valence-electron chi connectivity index (χ3n) is 4.78. The molecule has 0 aromatic heterocycles.